The molecule has 1 heterocycles. The number of hydrogen-bond acceptors (Lipinski definition) is 6. The van der Waals surface area contributed by atoms with E-state index in [-0.39, 0.29) is 36.9 Å². The number of esters is 2. The Labute approximate surface area is 156 Å². The average molecular weight is 378 g/mol. The fourth-order valence-corrected chi connectivity index (χ4v) is 2.86. The molecule has 1 atom stereocenters. The lowest BCUT2D eigenvalue weighted by Crippen LogP contribution is -2.47. The molecule has 0 aliphatic carbocycles. The number of hydrogen-bond donors (Lipinski definition) is 2. The van der Waals surface area contributed by atoms with Crippen LogP contribution in [0.5, 0.6) is 0 Å². The number of rotatable bonds is 8. The van der Waals surface area contributed by atoms with E-state index in [1.165, 1.54) is 11.8 Å². The second-order valence-electron chi connectivity index (χ2n) is 5.46. The van der Waals surface area contributed by atoms with Crippen molar-refractivity contribution in [3.05, 3.63) is 47.2 Å². The van der Waals surface area contributed by atoms with E-state index in [0.717, 1.165) is 5.56 Å². The first-order chi connectivity index (χ1) is 12.6. The maximum Gasteiger partial charge on any atom is 0.338 e. The van der Waals surface area contributed by atoms with Crippen LogP contribution in [0.25, 0.3) is 0 Å². The Kier molecular flexibility index (Phi) is 7.53. The summed E-state index contributed by atoms with van der Waals surface area (Å²) in [6.07, 6.45) is 2.16. The van der Waals surface area contributed by atoms with Gasteiger partial charge < -0.3 is 20.1 Å². The van der Waals surface area contributed by atoms with Crippen LogP contribution in [0.2, 0.25) is 0 Å². The quantitative estimate of drug-likeness (QED) is 0.673. The Morgan fingerprint density at radius 3 is 2.58 bits per heavy atom. The van der Waals surface area contributed by atoms with Crippen molar-refractivity contribution in [2.45, 2.75) is 19.4 Å². The highest BCUT2D eigenvalue weighted by molar-refractivity contribution is 7.98. The van der Waals surface area contributed by atoms with Crippen molar-refractivity contribution in [3.63, 3.8) is 0 Å². The maximum atomic E-state index is 12.5. The second kappa shape index (κ2) is 9.86. The van der Waals surface area contributed by atoms with Crippen LogP contribution >= 0.6 is 11.8 Å². The van der Waals surface area contributed by atoms with E-state index in [4.69, 9.17) is 9.47 Å². The molecule has 140 valence electrons. The molecule has 0 spiro atoms. The monoisotopic (exact) mass is 378 g/mol. The summed E-state index contributed by atoms with van der Waals surface area (Å²) in [6, 6.07) is 7.93. The number of carbonyl (C=O) groups excluding carboxylic acids is 3. The molecule has 1 aromatic carbocycles. The Morgan fingerprint density at radius 1 is 1.19 bits per heavy atom. The Balaban J connectivity index is 2.30. The summed E-state index contributed by atoms with van der Waals surface area (Å²) < 4.78 is 10.4. The number of nitrogens with one attached hydrogen (secondary N) is 2. The highest BCUT2D eigenvalue weighted by Crippen LogP contribution is 2.27. The third-order valence-electron chi connectivity index (χ3n) is 3.67. The predicted molar refractivity (Wildman–Crippen MR) is 98.5 cm³/mol. The summed E-state index contributed by atoms with van der Waals surface area (Å²) in [4.78, 5) is 36.3. The summed E-state index contributed by atoms with van der Waals surface area (Å²) in [5.74, 6) is -0.313. The highest BCUT2D eigenvalue weighted by atomic mass is 32.2. The van der Waals surface area contributed by atoms with E-state index in [1.54, 1.807) is 19.1 Å². The van der Waals surface area contributed by atoms with Crippen molar-refractivity contribution in [1.29, 1.82) is 0 Å². The van der Waals surface area contributed by atoms with Gasteiger partial charge in [0, 0.05) is 5.75 Å². The van der Waals surface area contributed by atoms with Gasteiger partial charge in [-0.3, -0.25) is 4.79 Å². The number of amides is 2. The minimum atomic E-state index is -0.677. The normalized spacial score (nSPS) is 16.5. The molecule has 0 aromatic heterocycles. The third kappa shape index (κ3) is 5.26. The summed E-state index contributed by atoms with van der Waals surface area (Å²) in [5.41, 5.74) is 1.20. The lowest BCUT2D eigenvalue weighted by atomic mass is 9.95. The lowest BCUT2D eigenvalue weighted by Gasteiger charge is -2.29. The molecule has 1 aromatic rings. The Morgan fingerprint density at radius 2 is 1.92 bits per heavy atom. The van der Waals surface area contributed by atoms with Gasteiger partial charge in [0.15, 0.2) is 0 Å². The van der Waals surface area contributed by atoms with E-state index < -0.39 is 18.0 Å². The summed E-state index contributed by atoms with van der Waals surface area (Å²) in [5, 5.41) is 5.28. The number of ether oxygens (including phenoxy) is 2. The lowest BCUT2D eigenvalue weighted by molar-refractivity contribution is -0.143. The zero-order valence-electron chi connectivity index (χ0n) is 14.7. The van der Waals surface area contributed by atoms with E-state index in [0.29, 0.717) is 5.75 Å². The van der Waals surface area contributed by atoms with Gasteiger partial charge >= 0.3 is 18.0 Å². The van der Waals surface area contributed by atoms with Gasteiger partial charge in [-0.05, 0) is 18.7 Å². The van der Waals surface area contributed by atoms with Crippen LogP contribution in [0.1, 0.15) is 24.9 Å². The van der Waals surface area contributed by atoms with Gasteiger partial charge in [0.1, 0.15) is 6.61 Å². The predicted octanol–water partition coefficient (Wildman–Crippen LogP) is 2.15. The van der Waals surface area contributed by atoms with Crippen molar-refractivity contribution in [2.24, 2.45) is 0 Å². The van der Waals surface area contributed by atoms with Crippen molar-refractivity contribution >= 4 is 29.7 Å². The van der Waals surface area contributed by atoms with Crippen LogP contribution in [-0.4, -0.2) is 43.2 Å². The van der Waals surface area contributed by atoms with Crippen LogP contribution in [-0.2, 0) is 19.1 Å². The second-order valence-corrected chi connectivity index (χ2v) is 6.44. The molecule has 0 radical (unpaired) electrons. The van der Waals surface area contributed by atoms with Crippen molar-refractivity contribution in [2.75, 3.05) is 25.2 Å². The molecule has 7 nitrogen and oxygen atoms in total. The molecular weight excluding hydrogens is 356 g/mol. The number of carbonyl (C=O) groups is 3. The van der Waals surface area contributed by atoms with Crippen LogP contribution in [0.3, 0.4) is 0 Å². The molecule has 0 bridgehead atoms. The van der Waals surface area contributed by atoms with E-state index in [1.807, 2.05) is 24.5 Å². The van der Waals surface area contributed by atoms with Gasteiger partial charge in [0.05, 0.1) is 30.3 Å². The Bertz CT molecular complexity index is 690. The molecule has 0 unspecified atom stereocenters. The maximum absolute atomic E-state index is 12.5. The van der Waals surface area contributed by atoms with Crippen LogP contribution in [0.15, 0.2) is 41.6 Å². The fourth-order valence-electron chi connectivity index (χ4n) is 2.49. The summed E-state index contributed by atoms with van der Waals surface area (Å²) >= 11 is 1.53. The minimum Gasteiger partial charge on any atom is -0.463 e. The van der Waals surface area contributed by atoms with Crippen LogP contribution in [0, 0.1) is 0 Å². The molecule has 2 amide bonds. The smallest absolute Gasteiger partial charge is 0.338 e. The molecule has 0 fully saturated rings. The first-order valence-electron chi connectivity index (χ1n) is 8.24. The molecule has 1 aliphatic rings. The van der Waals surface area contributed by atoms with Crippen molar-refractivity contribution < 1.29 is 23.9 Å². The van der Waals surface area contributed by atoms with Gasteiger partial charge in [0.25, 0.3) is 0 Å². The summed E-state index contributed by atoms with van der Waals surface area (Å²) in [6.45, 7) is 1.70. The van der Waals surface area contributed by atoms with E-state index in [9.17, 15) is 14.4 Å². The standard InChI is InChI=1S/C18H22N2O5S/c1-3-24-17(22)15-13(11-25-14(21)9-10-26-2)19-18(23)20-16(15)12-7-5-4-6-8-12/h4-8,16H,3,9-11H2,1-2H3,(H2,19,20,23)/t16-/m0/s1. The van der Waals surface area contributed by atoms with Crippen molar-refractivity contribution in [1.82, 2.24) is 10.6 Å². The van der Waals surface area contributed by atoms with Gasteiger partial charge in [-0.15, -0.1) is 0 Å². The SMILES string of the molecule is CCOC(=O)C1=C(COC(=O)CCSC)NC(=O)N[C@H]1c1ccccc1. The molecule has 0 saturated carbocycles. The van der Waals surface area contributed by atoms with Gasteiger partial charge in [-0.25, -0.2) is 9.59 Å². The van der Waals surface area contributed by atoms with E-state index >= 15 is 0 Å². The topological polar surface area (TPSA) is 93.7 Å². The zero-order valence-corrected chi connectivity index (χ0v) is 15.6. The largest absolute Gasteiger partial charge is 0.463 e. The summed E-state index contributed by atoms with van der Waals surface area (Å²) in [7, 11) is 0. The van der Waals surface area contributed by atoms with Crippen LogP contribution in [0.4, 0.5) is 4.79 Å². The fraction of sp³-hybridized carbons (Fsp3) is 0.389. The van der Waals surface area contributed by atoms with Gasteiger partial charge in [-0.1, -0.05) is 30.3 Å². The molecule has 2 rings (SSSR count). The number of thioether (sulfide) groups is 1. The molecule has 2 N–H and O–H groups in total. The zero-order chi connectivity index (χ0) is 18.9. The first-order valence-corrected chi connectivity index (χ1v) is 9.63. The highest BCUT2D eigenvalue weighted by Gasteiger charge is 2.34. The molecular formula is C18H22N2O5S. The van der Waals surface area contributed by atoms with Gasteiger partial charge in [-0.2, -0.15) is 11.8 Å². The molecule has 8 heteroatoms. The van der Waals surface area contributed by atoms with Gasteiger partial charge in [0.2, 0.25) is 0 Å². The number of benzene rings is 1. The molecule has 0 saturated heterocycles. The van der Waals surface area contributed by atoms with E-state index in [2.05, 4.69) is 10.6 Å². The molecule has 1 aliphatic heterocycles. The third-order valence-corrected chi connectivity index (χ3v) is 4.28. The molecule has 26 heavy (non-hydrogen) atoms. The average Bonchev–Trinajstić information content (AvgIpc) is 2.65. The minimum absolute atomic E-state index is 0.193. The number of urea groups is 1. The van der Waals surface area contributed by atoms with Crippen LogP contribution < -0.4 is 10.6 Å². The Hall–Kier alpha value is -2.48. The van der Waals surface area contributed by atoms with Crippen molar-refractivity contribution in [3.8, 4) is 0 Å². The first kappa shape index (κ1) is 19.8.